The second-order valence-electron chi connectivity index (χ2n) is 9.69. The van der Waals surface area contributed by atoms with E-state index in [1.165, 1.54) is 18.2 Å². The number of piperidine rings is 1. The largest absolute Gasteiger partial charge is 0.485 e. The lowest BCUT2D eigenvalue weighted by atomic mass is 10.00. The summed E-state index contributed by atoms with van der Waals surface area (Å²) >= 11 is 0. The van der Waals surface area contributed by atoms with E-state index in [0.29, 0.717) is 34.8 Å². The number of nitrogens with zero attached hydrogens (tertiary/aromatic N) is 3. The third kappa shape index (κ3) is 5.86. The third-order valence-electron chi connectivity index (χ3n) is 6.86. The summed E-state index contributed by atoms with van der Waals surface area (Å²) < 4.78 is 67.0. The lowest BCUT2D eigenvalue weighted by Crippen LogP contribution is -2.28. The van der Waals surface area contributed by atoms with Crippen molar-refractivity contribution in [1.82, 2.24) is 19.9 Å². The molecule has 208 valence electrons. The van der Waals surface area contributed by atoms with E-state index in [-0.39, 0.29) is 30.5 Å². The van der Waals surface area contributed by atoms with E-state index >= 15 is 4.39 Å². The van der Waals surface area contributed by atoms with Gasteiger partial charge in [0.25, 0.3) is 0 Å². The van der Waals surface area contributed by atoms with E-state index in [1.54, 1.807) is 18.6 Å². The standard InChI is InChI=1S/C29H24F4N4O2.ClH/c30-23-10-20(12-25-27(23)39-26(16-38-25)21-5-7-22(8-6-21)29(31,32)33)15-37-17-36-24-11-19(14-35-28(24)37)4-3-18-2-1-9-34-13-18;/h5-8,10-12,14,17-18,26,34H,1-2,9,13,15-16H2;1H. The average molecular weight is 573 g/mol. The molecule has 1 fully saturated rings. The molecule has 2 aliphatic rings. The summed E-state index contributed by atoms with van der Waals surface area (Å²) in [6.07, 6.45) is 0.419. The number of ether oxygens (including phenoxy) is 2. The highest BCUT2D eigenvalue weighted by Gasteiger charge is 2.31. The number of fused-ring (bicyclic) bond motifs is 2. The smallest absolute Gasteiger partial charge is 0.416 e. The first kappa shape index (κ1) is 27.7. The molecule has 1 N–H and O–H groups in total. The Morgan fingerprint density at radius 1 is 1.10 bits per heavy atom. The number of hydrogen-bond acceptors (Lipinski definition) is 5. The number of halogens is 5. The van der Waals surface area contributed by atoms with Crippen LogP contribution in [-0.2, 0) is 12.7 Å². The van der Waals surface area contributed by atoms with E-state index in [9.17, 15) is 13.2 Å². The Bertz CT molecular complexity index is 1570. The van der Waals surface area contributed by atoms with Gasteiger partial charge in [-0.1, -0.05) is 24.0 Å². The highest BCUT2D eigenvalue weighted by Crippen LogP contribution is 2.40. The molecule has 0 bridgehead atoms. The summed E-state index contributed by atoms with van der Waals surface area (Å²) in [5.41, 5.74) is 2.47. The summed E-state index contributed by atoms with van der Waals surface area (Å²) in [6, 6.07) is 9.51. The second kappa shape index (κ2) is 11.4. The van der Waals surface area contributed by atoms with Crippen LogP contribution >= 0.6 is 12.4 Å². The molecule has 2 aromatic carbocycles. The van der Waals surface area contributed by atoms with Crippen molar-refractivity contribution < 1.29 is 27.0 Å². The summed E-state index contributed by atoms with van der Waals surface area (Å²) in [6.45, 7) is 2.29. The van der Waals surface area contributed by atoms with Gasteiger partial charge in [0.15, 0.2) is 29.1 Å². The van der Waals surface area contributed by atoms with Gasteiger partial charge < -0.3 is 19.4 Å². The molecule has 0 saturated carbocycles. The minimum Gasteiger partial charge on any atom is -0.485 e. The SMILES string of the molecule is Cl.Fc1cc(Cn2cnc3cc(C#CC4CCCNC4)cnc32)cc2c1OC(c1ccc(C(F)(F)F)cc1)CO2. The lowest BCUT2D eigenvalue weighted by molar-refractivity contribution is -0.137. The topological polar surface area (TPSA) is 61.2 Å². The molecule has 2 atom stereocenters. The second-order valence-corrected chi connectivity index (χ2v) is 9.69. The summed E-state index contributed by atoms with van der Waals surface area (Å²) in [7, 11) is 0. The van der Waals surface area contributed by atoms with E-state index in [0.717, 1.165) is 43.6 Å². The van der Waals surface area contributed by atoms with Crippen LogP contribution in [0.4, 0.5) is 17.6 Å². The summed E-state index contributed by atoms with van der Waals surface area (Å²) in [5.74, 6) is 6.39. The zero-order valence-corrected chi connectivity index (χ0v) is 22.0. The van der Waals surface area contributed by atoms with Crippen molar-refractivity contribution in [3.8, 4) is 23.3 Å². The first-order valence-electron chi connectivity index (χ1n) is 12.7. The minimum atomic E-state index is -4.43. The maximum atomic E-state index is 15.1. The number of rotatable bonds is 3. The average Bonchev–Trinajstić information content (AvgIpc) is 3.33. The molecule has 4 aromatic rings. The fourth-order valence-electron chi connectivity index (χ4n) is 4.82. The first-order chi connectivity index (χ1) is 18.8. The number of alkyl halides is 3. The Balaban J connectivity index is 0.00000323. The molecule has 40 heavy (non-hydrogen) atoms. The van der Waals surface area contributed by atoms with Crippen molar-refractivity contribution in [2.24, 2.45) is 5.92 Å². The van der Waals surface area contributed by atoms with Gasteiger partial charge in [0.05, 0.1) is 18.4 Å². The van der Waals surface area contributed by atoms with Crippen molar-refractivity contribution in [3.63, 3.8) is 0 Å². The highest BCUT2D eigenvalue weighted by molar-refractivity contribution is 5.85. The monoisotopic (exact) mass is 572 g/mol. The predicted molar refractivity (Wildman–Crippen MR) is 143 cm³/mol. The Hall–Kier alpha value is -3.81. The van der Waals surface area contributed by atoms with Crippen LogP contribution in [-0.4, -0.2) is 34.2 Å². The van der Waals surface area contributed by atoms with Gasteiger partial charge in [0.1, 0.15) is 12.1 Å². The van der Waals surface area contributed by atoms with Gasteiger partial charge in [-0.2, -0.15) is 13.2 Å². The maximum absolute atomic E-state index is 15.1. The number of pyridine rings is 1. The van der Waals surface area contributed by atoms with Gasteiger partial charge in [-0.25, -0.2) is 14.4 Å². The van der Waals surface area contributed by atoms with Crippen LogP contribution in [0.3, 0.4) is 0 Å². The molecule has 1 saturated heterocycles. The van der Waals surface area contributed by atoms with Crippen molar-refractivity contribution in [1.29, 1.82) is 0 Å². The van der Waals surface area contributed by atoms with Crippen LogP contribution in [0.2, 0.25) is 0 Å². The Kier molecular flexibility index (Phi) is 7.88. The number of aromatic nitrogens is 3. The lowest BCUT2D eigenvalue weighted by Gasteiger charge is -2.27. The molecule has 0 aliphatic carbocycles. The Morgan fingerprint density at radius 2 is 1.93 bits per heavy atom. The highest BCUT2D eigenvalue weighted by atomic mass is 35.5. The van der Waals surface area contributed by atoms with Gasteiger partial charge >= 0.3 is 6.18 Å². The van der Waals surface area contributed by atoms with Crippen molar-refractivity contribution in [3.05, 3.63) is 83.1 Å². The molecule has 0 amide bonds. The zero-order valence-electron chi connectivity index (χ0n) is 21.2. The molecular weight excluding hydrogens is 548 g/mol. The first-order valence-corrected chi connectivity index (χ1v) is 12.7. The van der Waals surface area contributed by atoms with Gasteiger partial charge in [0.2, 0.25) is 0 Å². The van der Waals surface area contributed by atoms with Gasteiger partial charge in [-0.3, -0.25) is 0 Å². The molecule has 2 aliphatic heterocycles. The quantitative estimate of drug-likeness (QED) is 0.244. The van der Waals surface area contributed by atoms with E-state index in [1.807, 2.05) is 10.6 Å². The Labute approximate surface area is 234 Å². The third-order valence-corrected chi connectivity index (χ3v) is 6.86. The molecule has 0 spiro atoms. The van der Waals surface area contributed by atoms with E-state index < -0.39 is 23.7 Å². The zero-order chi connectivity index (χ0) is 27.0. The molecular formula is C29H25ClF4N4O2. The fourth-order valence-corrected chi connectivity index (χ4v) is 4.82. The molecule has 4 heterocycles. The van der Waals surface area contributed by atoms with Crippen LogP contribution in [0.15, 0.2) is 55.0 Å². The maximum Gasteiger partial charge on any atom is 0.416 e. The van der Waals surface area contributed by atoms with Crippen LogP contribution in [0.1, 0.15) is 41.2 Å². The molecule has 2 aromatic heterocycles. The summed E-state index contributed by atoms with van der Waals surface area (Å²) in [5, 5.41) is 3.35. The van der Waals surface area contributed by atoms with E-state index in [2.05, 4.69) is 27.1 Å². The number of imidazole rings is 1. The van der Waals surface area contributed by atoms with Crippen LogP contribution in [0.5, 0.6) is 11.5 Å². The van der Waals surface area contributed by atoms with Crippen LogP contribution in [0.25, 0.3) is 11.2 Å². The van der Waals surface area contributed by atoms with Crippen molar-refractivity contribution >= 4 is 23.6 Å². The van der Waals surface area contributed by atoms with Gasteiger partial charge in [-0.15, -0.1) is 12.4 Å². The van der Waals surface area contributed by atoms with Gasteiger partial charge in [0, 0.05) is 24.2 Å². The number of benzene rings is 2. The van der Waals surface area contributed by atoms with Crippen LogP contribution in [0, 0.1) is 23.6 Å². The van der Waals surface area contributed by atoms with Gasteiger partial charge in [-0.05, 0) is 60.8 Å². The predicted octanol–water partition coefficient (Wildman–Crippen LogP) is 5.92. The molecule has 11 heteroatoms. The minimum absolute atomic E-state index is 0. The normalized spacial score (nSPS) is 18.5. The number of hydrogen-bond donors (Lipinski definition) is 1. The van der Waals surface area contributed by atoms with Crippen molar-refractivity contribution in [2.45, 2.75) is 31.7 Å². The molecule has 6 rings (SSSR count). The molecule has 6 nitrogen and oxygen atoms in total. The molecule has 2 unspecified atom stereocenters. The van der Waals surface area contributed by atoms with Crippen molar-refractivity contribution in [2.75, 3.05) is 19.7 Å². The Morgan fingerprint density at radius 3 is 2.67 bits per heavy atom. The molecule has 0 radical (unpaired) electrons. The van der Waals surface area contributed by atoms with Crippen LogP contribution < -0.4 is 14.8 Å². The van der Waals surface area contributed by atoms with E-state index in [4.69, 9.17) is 9.47 Å². The number of nitrogens with one attached hydrogen (secondary N) is 1. The fraction of sp³-hybridized carbons (Fsp3) is 0.310. The summed E-state index contributed by atoms with van der Waals surface area (Å²) in [4.78, 5) is 8.98.